The largest absolute Gasteiger partial charge is 0.493 e. The summed E-state index contributed by atoms with van der Waals surface area (Å²) in [5.74, 6) is 0.0189. The number of ether oxygens (including phenoxy) is 2. The fourth-order valence-corrected chi connectivity index (χ4v) is 3.83. The Hall–Kier alpha value is -3.35. The maximum atomic E-state index is 13.7. The summed E-state index contributed by atoms with van der Waals surface area (Å²) in [6, 6.07) is 8.21. The topological polar surface area (TPSA) is 77.8 Å². The van der Waals surface area contributed by atoms with Gasteiger partial charge in [-0.25, -0.2) is 4.39 Å². The first-order valence-corrected chi connectivity index (χ1v) is 10.4. The fourth-order valence-electron chi connectivity index (χ4n) is 3.83. The first kappa shape index (κ1) is 20.9. The van der Waals surface area contributed by atoms with E-state index in [4.69, 9.17) is 13.9 Å². The Morgan fingerprint density at radius 1 is 1.06 bits per heavy atom. The average Bonchev–Trinajstić information content (AvgIpc) is 3.11. The summed E-state index contributed by atoms with van der Waals surface area (Å²) in [6.07, 6.45) is 4.38. The molecule has 1 aliphatic rings. The molecule has 162 valence electrons. The molecule has 6 nitrogen and oxygen atoms in total. The van der Waals surface area contributed by atoms with Crippen molar-refractivity contribution in [2.75, 3.05) is 13.7 Å². The van der Waals surface area contributed by atoms with Crippen molar-refractivity contribution in [1.29, 1.82) is 0 Å². The third-order valence-corrected chi connectivity index (χ3v) is 5.43. The molecule has 7 heteroatoms. The zero-order valence-corrected chi connectivity index (χ0v) is 17.5. The van der Waals surface area contributed by atoms with Gasteiger partial charge in [-0.15, -0.1) is 0 Å². The van der Waals surface area contributed by atoms with Gasteiger partial charge in [0, 0.05) is 0 Å². The van der Waals surface area contributed by atoms with Gasteiger partial charge in [0.25, 0.3) is 5.91 Å². The zero-order valence-electron chi connectivity index (χ0n) is 17.5. The molecule has 0 aliphatic carbocycles. The second-order valence-electron chi connectivity index (χ2n) is 7.54. The summed E-state index contributed by atoms with van der Waals surface area (Å²) in [4.78, 5) is 25.6. The van der Waals surface area contributed by atoms with Crippen molar-refractivity contribution in [2.24, 2.45) is 0 Å². The second-order valence-corrected chi connectivity index (χ2v) is 7.54. The monoisotopic (exact) mass is 425 g/mol. The Labute approximate surface area is 179 Å². The van der Waals surface area contributed by atoms with Crippen molar-refractivity contribution in [3.63, 3.8) is 0 Å². The van der Waals surface area contributed by atoms with E-state index in [9.17, 15) is 14.0 Å². The van der Waals surface area contributed by atoms with Crippen LogP contribution >= 0.6 is 0 Å². The number of benzene rings is 2. The number of carbonyl (C=O) groups is 1. The number of rotatable bonds is 8. The van der Waals surface area contributed by atoms with E-state index in [0.717, 1.165) is 25.3 Å². The van der Waals surface area contributed by atoms with E-state index in [1.165, 1.54) is 25.7 Å². The van der Waals surface area contributed by atoms with E-state index in [1.54, 1.807) is 18.2 Å². The van der Waals surface area contributed by atoms with E-state index in [-0.39, 0.29) is 22.3 Å². The number of hydrogen-bond donors (Lipinski definition) is 1. The highest BCUT2D eigenvalue weighted by molar-refractivity contribution is 5.99. The van der Waals surface area contributed by atoms with Crippen LogP contribution in [0, 0.1) is 5.82 Å². The highest BCUT2D eigenvalue weighted by atomic mass is 19.1. The number of amides is 1. The van der Waals surface area contributed by atoms with Gasteiger partial charge in [-0.3, -0.25) is 9.59 Å². The van der Waals surface area contributed by atoms with E-state index in [2.05, 4.69) is 12.2 Å². The van der Waals surface area contributed by atoms with Crippen LogP contribution in [0.4, 0.5) is 4.39 Å². The SMILES string of the molecule is CCCCCCOc1ccc(C2NC(=O)c3oc4ccc(F)cc4c(=O)c32)cc1OC. The molecular formula is C24H24FNO5. The summed E-state index contributed by atoms with van der Waals surface area (Å²) in [6.45, 7) is 2.74. The number of methoxy groups -OCH3 is 1. The molecule has 0 saturated heterocycles. The van der Waals surface area contributed by atoms with Crippen LogP contribution in [0.15, 0.2) is 45.6 Å². The van der Waals surface area contributed by atoms with Crippen molar-refractivity contribution in [3.05, 3.63) is 69.3 Å². The maximum Gasteiger partial charge on any atom is 0.288 e. The van der Waals surface area contributed by atoms with Gasteiger partial charge in [0.15, 0.2) is 16.9 Å². The first-order chi connectivity index (χ1) is 15.0. The Kier molecular flexibility index (Phi) is 5.93. The van der Waals surface area contributed by atoms with E-state index in [0.29, 0.717) is 23.7 Å². The maximum absolute atomic E-state index is 13.7. The number of hydrogen-bond acceptors (Lipinski definition) is 5. The van der Waals surface area contributed by atoms with Gasteiger partial charge in [-0.1, -0.05) is 32.3 Å². The molecule has 4 rings (SSSR count). The molecule has 0 bridgehead atoms. The number of halogens is 1. The quantitative estimate of drug-likeness (QED) is 0.528. The van der Waals surface area contributed by atoms with Crippen LogP contribution in [0.5, 0.6) is 11.5 Å². The van der Waals surface area contributed by atoms with E-state index >= 15 is 0 Å². The Morgan fingerprint density at radius 2 is 1.90 bits per heavy atom. The van der Waals surface area contributed by atoms with Gasteiger partial charge in [0.05, 0.1) is 30.7 Å². The summed E-state index contributed by atoms with van der Waals surface area (Å²) < 4.78 is 30.6. The van der Waals surface area contributed by atoms with Gasteiger partial charge < -0.3 is 19.2 Å². The van der Waals surface area contributed by atoms with Crippen LogP contribution in [0.2, 0.25) is 0 Å². The average molecular weight is 425 g/mol. The molecule has 2 heterocycles. The summed E-state index contributed by atoms with van der Waals surface area (Å²) in [5.41, 5.74) is 0.545. The van der Waals surface area contributed by atoms with Crippen LogP contribution in [-0.4, -0.2) is 19.6 Å². The molecule has 1 atom stereocenters. The number of fused-ring (bicyclic) bond motifs is 2. The molecule has 0 spiro atoms. The van der Waals surface area contributed by atoms with Crippen molar-refractivity contribution in [1.82, 2.24) is 5.32 Å². The third kappa shape index (κ3) is 4.00. The lowest BCUT2D eigenvalue weighted by Gasteiger charge is -2.16. The van der Waals surface area contributed by atoms with E-state index < -0.39 is 23.2 Å². The predicted octanol–water partition coefficient (Wildman–Crippen LogP) is 4.73. The minimum atomic E-state index is -0.723. The lowest BCUT2D eigenvalue weighted by molar-refractivity contribution is 0.0938. The lowest BCUT2D eigenvalue weighted by atomic mass is 9.99. The Morgan fingerprint density at radius 3 is 2.68 bits per heavy atom. The van der Waals surface area contributed by atoms with Gasteiger partial charge in [0.1, 0.15) is 11.4 Å². The van der Waals surface area contributed by atoms with Crippen molar-refractivity contribution >= 4 is 16.9 Å². The molecule has 1 aliphatic heterocycles. The molecule has 31 heavy (non-hydrogen) atoms. The molecule has 2 aromatic carbocycles. The van der Waals surface area contributed by atoms with Crippen LogP contribution < -0.4 is 20.2 Å². The minimum absolute atomic E-state index is 0.0516. The fraction of sp³-hybridized carbons (Fsp3) is 0.333. The summed E-state index contributed by atoms with van der Waals surface area (Å²) in [7, 11) is 1.54. The normalized spacial score (nSPS) is 15.1. The molecule has 0 fully saturated rings. The zero-order chi connectivity index (χ0) is 22.0. The smallest absolute Gasteiger partial charge is 0.288 e. The molecule has 1 unspecified atom stereocenters. The number of carbonyl (C=O) groups excluding carboxylic acids is 1. The van der Waals surface area contributed by atoms with Gasteiger partial charge >= 0.3 is 0 Å². The Bertz CT molecular complexity index is 1190. The third-order valence-electron chi connectivity index (χ3n) is 5.43. The molecule has 1 N–H and O–H groups in total. The highest BCUT2D eigenvalue weighted by Crippen LogP contribution is 2.36. The van der Waals surface area contributed by atoms with E-state index in [1.807, 2.05) is 0 Å². The lowest BCUT2D eigenvalue weighted by Crippen LogP contribution is -2.22. The second kappa shape index (κ2) is 8.79. The minimum Gasteiger partial charge on any atom is -0.493 e. The first-order valence-electron chi connectivity index (χ1n) is 10.4. The van der Waals surface area contributed by atoms with Crippen LogP contribution in [0.25, 0.3) is 11.0 Å². The summed E-state index contributed by atoms with van der Waals surface area (Å²) >= 11 is 0. The van der Waals surface area contributed by atoms with Crippen molar-refractivity contribution in [2.45, 2.75) is 38.6 Å². The van der Waals surface area contributed by atoms with Crippen LogP contribution in [0.3, 0.4) is 0 Å². The van der Waals surface area contributed by atoms with Gasteiger partial charge in [-0.05, 0) is 42.3 Å². The van der Waals surface area contributed by atoms with Crippen molar-refractivity contribution < 1.29 is 23.1 Å². The Balaban J connectivity index is 1.67. The van der Waals surface area contributed by atoms with Gasteiger partial charge in [-0.2, -0.15) is 0 Å². The standard InChI is InChI=1S/C24H24FNO5/c1-3-4-5-6-11-30-18-9-7-14(12-19(18)29-2)21-20-22(27)16-13-15(25)8-10-17(16)31-23(20)24(28)26-21/h7-10,12-13,21H,3-6,11H2,1-2H3,(H,26,28). The highest BCUT2D eigenvalue weighted by Gasteiger charge is 2.36. The molecule has 1 amide bonds. The molecule has 3 aromatic rings. The molecule has 0 radical (unpaired) electrons. The number of unbranched alkanes of at least 4 members (excludes halogenated alkanes) is 3. The van der Waals surface area contributed by atoms with Crippen LogP contribution in [-0.2, 0) is 0 Å². The van der Waals surface area contributed by atoms with Crippen LogP contribution in [0.1, 0.15) is 60.3 Å². The molecular weight excluding hydrogens is 401 g/mol. The molecule has 0 saturated carbocycles. The number of nitrogens with one attached hydrogen (secondary N) is 1. The van der Waals surface area contributed by atoms with Crippen molar-refractivity contribution in [3.8, 4) is 11.5 Å². The molecule has 1 aromatic heterocycles. The summed E-state index contributed by atoms with van der Waals surface area (Å²) in [5, 5.41) is 2.88. The van der Waals surface area contributed by atoms with Gasteiger partial charge in [0.2, 0.25) is 5.76 Å². The predicted molar refractivity (Wildman–Crippen MR) is 114 cm³/mol.